The molecule has 7 rings (SSSR count). The lowest BCUT2D eigenvalue weighted by Gasteiger charge is -2.28. The molecule has 0 fully saturated rings. The fourth-order valence-electron chi connectivity index (χ4n) is 6.39. The number of allylic oxidation sites excluding steroid dienone is 3. The van der Waals surface area contributed by atoms with E-state index < -0.39 is 0 Å². The average Bonchev–Trinajstić information content (AvgIpc) is 3.39. The summed E-state index contributed by atoms with van der Waals surface area (Å²) in [5.74, 6) is 0.718. The lowest BCUT2D eigenvalue weighted by molar-refractivity contribution is 0.854. The molecule has 1 aromatic heterocycles. The third-order valence-corrected chi connectivity index (χ3v) is 8.60. The monoisotopic (exact) mass is 544 g/mol. The van der Waals surface area contributed by atoms with Crippen LogP contribution in [0.3, 0.4) is 0 Å². The molecule has 0 saturated heterocycles. The van der Waals surface area contributed by atoms with Crippen molar-refractivity contribution in [1.82, 2.24) is 4.57 Å². The van der Waals surface area contributed by atoms with E-state index in [-0.39, 0.29) is 5.92 Å². The average molecular weight is 545 g/mol. The van der Waals surface area contributed by atoms with Gasteiger partial charge in [0.15, 0.2) is 0 Å². The van der Waals surface area contributed by atoms with Crippen molar-refractivity contribution >= 4 is 38.8 Å². The molecule has 0 amide bonds. The topological polar surface area (TPSA) is 8.17 Å². The summed E-state index contributed by atoms with van der Waals surface area (Å²) in [6.45, 7) is 7.70. The summed E-state index contributed by atoms with van der Waals surface area (Å²) >= 11 is 0. The van der Waals surface area contributed by atoms with Gasteiger partial charge in [0.2, 0.25) is 0 Å². The third kappa shape index (κ3) is 4.63. The summed E-state index contributed by atoms with van der Waals surface area (Å²) in [4.78, 5) is 2.44. The van der Waals surface area contributed by atoms with Gasteiger partial charge < -0.3 is 9.47 Å². The molecule has 2 heteroatoms. The first-order valence-electron chi connectivity index (χ1n) is 15.0. The highest BCUT2D eigenvalue weighted by molar-refractivity contribution is 6.10. The lowest BCUT2D eigenvalue weighted by atomic mass is 9.90. The van der Waals surface area contributed by atoms with Gasteiger partial charge in [0.1, 0.15) is 0 Å². The normalized spacial score (nSPS) is 17.4. The second kappa shape index (κ2) is 10.9. The van der Waals surface area contributed by atoms with Crippen LogP contribution in [-0.4, -0.2) is 11.1 Å². The van der Waals surface area contributed by atoms with Gasteiger partial charge in [-0.15, -0.1) is 0 Å². The Bertz CT molecular complexity index is 1940. The van der Waals surface area contributed by atoms with Crippen molar-refractivity contribution in [2.75, 3.05) is 11.4 Å². The van der Waals surface area contributed by atoms with E-state index >= 15 is 0 Å². The van der Waals surface area contributed by atoms with Crippen LogP contribution in [0.1, 0.15) is 49.3 Å². The Hall–Kier alpha value is -4.82. The third-order valence-electron chi connectivity index (χ3n) is 8.60. The van der Waals surface area contributed by atoms with E-state index in [0.717, 1.165) is 6.54 Å². The number of anilines is 2. The van der Waals surface area contributed by atoms with E-state index in [0.29, 0.717) is 5.92 Å². The minimum atomic E-state index is 0.240. The highest BCUT2D eigenvalue weighted by Crippen LogP contribution is 2.39. The summed E-state index contributed by atoms with van der Waals surface area (Å²) in [6.07, 6.45) is 7.08. The van der Waals surface area contributed by atoms with Crippen molar-refractivity contribution in [1.29, 1.82) is 0 Å². The van der Waals surface area contributed by atoms with Crippen molar-refractivity contribution in [3.8, 4) is 5.69 Å². The van der Waals surface area contributed by atoms with Gasteiger partial charge in [-0.1, -0.05) is 112 Å². The fraction of sp³-hybridized carbons (Fsp3) is 0.150. The Kier molecular flexibility index (Phi) is 6.76. The van der Waals surface area contributed by atoms with Gasteiger partial charge in [-0.2, -0.15) is 0 Å². The second-order valence-electron chi connectivity index (χ2n) is 11.7. The maximum Gasteiger partial charge on any atom is 0.0541 e. The molecule has 2 heterocycles. The van der Waals surface area contributed by atoms with Crippen LogP contribution >= 0.6 is 0 Å². The smallest absolute Gasteiger partial charge is 0.0541 e. The van der Waals surface area contributed by atoms with Crippen LogP contribution in [-0.2, 0) is 0 Å². The lowest BCUT2D eigenvalue weighted by Crippen LogP contribution is -2.19. The van der Waals surface area contributed by atoms with Crippen molar-refractivity contribution in [2.24, 2.45) is 0 Å². The number of rotatable bonds is 4. The van der Waals surface area contributed by atoms with Gasteiger partial charge >= 0.3 is 0 Å². The van der Waals surface area contributed by atoms with E-state index in [1.165, 1.54) is 61.1 Å². The Morgan fingerprint density at radius 2 is 1.36 bits per heavy atom. The first-order valence-corrected chi connectivity index (χ1v) is 15.0. The zero-order valence-electron chi connectivity index (χ0n) is 24.5. The van der Waals surface area contributed by atoms with Crippen LogP contribution in [0, 0.1) is 0 Å². The number of nitrogens with zero attached hydrogens (tertiary/aromatic N) is 2. The number of benzene rings is 5. The minimum absolute atomic E-state index is 0.240. The molecule has 1 aliphatic heterocycles. The number of hydrogen-bond acceptors (Lipinski definition) is 1. The van der Waals surface area contributed by atoms with E-state index in [9.17, 15) is 0 Å². The molecule has 1 aliphatic rings. The van der Waals surface area contributed by atoms with Gasteiger partial charge in [0, 0.05) is 40.3 Å². The van der Waals surface area contributed by atoms with Gasteiger partial charge in [0.25, 0.3) is 0 Å². The molecule has 0 spiro atoms. The molecule has 1 atom stereocenters. The van der Waals surface area contributed by atoms with Crippen LogP contribution in [0.5, 0.6) is 0 Å². The summed E-state index contributed by atoms with van der Waals surface area (Å²) in [5.41, 5.74) is 11.4. The van der Waals surface area contributed by atoms with Crippen LogP contribution in [0.4, 0.5) is 11.4 Å². The van der Waals surface area contributed by atoms with Crippen molar-refractivity contribution in [2.45, 2.75) is 32.6 Å². The first kappa shape index (κ1) is 26.1. The predicted molar refractivity (Wildman–Crippen MR) is 180 cm³/mol. The Labute approximate surface area is 248 Å². The van der Waals surface area contributed by atoms with Gasteiger partial charge in [-0.05, 0) is 76.7 Å². The van der Waals surface area contributed by atoms with Crippen molar-refractivity contribution in [3.63, 3.8) is 0 Å². The first-order chi connectivity index (χ1) is 20.6. The van der Waals surface area contributed by atoms with Crippen molar-refractivity contribution in [3.05, 3.63) is 156 Å². The number of para-hydroxylation sites is 3. The predicted octanol–water partition coefficient (Wildman–Crippen LogP) is 10.8. The maximum atomic E-state index is 2.45. The van der Waals surface area contributed by atoms with Gasteiger partial charge in [-0.3, -0.25) is 0 Å². The molecule has 0 N–H and O–H groups in total. The summed E-state index contributed by atoms with van der Waals surface area (Å²) in [7, 11) is 0. The largest absolute Gasteiger partial charge is 0.337 e. The molecule has 6 aromatic rings. The van der Waals surface area contributed by atoms with Gasteiger partial charge in [0.05, 0.1) is 11.0 Å². The van der Waals surface area contributed by atoms with Crippen LogP contribution < -0.4 is 4.90 Å². The fourth-order valence-corrected chi connectivity index (χ4v) is 6.39. The number of aromatic nitrogens is 1. The van der Waals surface area contributed by atoms with Crippen LogP contribution in [0.25, 0.3) is 33.1 Å². The van der Waals surface area contributed by atoms with E-state index in [1.807, 2.05) is 0 Å². The zero-order chi connectivity index (χ0) is 28.6. The number of hydrogen-bond donors (Lipinski definition) is 0. The standard InChI is InChI=1S/C40H36N2/c1-28(2)30-20-22-38-36(26-30)29(3)25-31(13-12-24-41(38)33-14-6-4-7-15-33)32-21-23-40-37(27-32)35-18-10-11-19-39(35)42(40)34-16-8-5-9-17-34/h4-23,25-29H,24H2,1-3H3/b13-12-,31-25+. The molecule has 0 aliphatic carbocycles. The quantitative estimate of drug-likeness (QED) is 0.214. The Morgan fingerprint density at radius 1 is 0.667 bits per heavy atom. The van der Waals surface area contributed by atoms with Crippen molar-refractivity contribution < 1.29 is 0 Å². The van der Waals surface area contributed by atoms with Crippen LogP contribution in [0.2, 0.25) is 0 Å². The Balaban J connectivity index is 1.38. The maximum absolute atomic E-state index is 2.45. The molecule has 42 heavy (non-hydrogen) atoms. The molecule has 0 radical (unpaired) electrons. The highest BCUT2D eigenvalue weighted by Gasteiger charge is 2.20. The van der Waals surface area contributed by atoms with E-state index in [4.69, 9.17) is 0 Å². The minimum Gasteiger partial charge on any atom is -0.337 e. The summed E-state index contributed by atoms with van der Waals surface area (Å²) in [6, 6.07) is 44.2. The van der Waals surface area contributed by atoms with E-state index in [1.54, 1.807) is 0 Å². The Morgan fingerprint density at radius 3 is 2.12 bits per heavy atom. The SMILES string of the molecule is CC(C)c1ccc2c(c1)C(C)/C=C(c1ccc3c(c1)c1ccccc1n3-c1ccccc1)\C=C/CN2c1ccccc1. The molecular weight excluding hydrogens is 508 g/mol. The molecule has 206 valence electrons. The molecule has 5 aromatic carbocycles. The van der Waals surface area contributed by atoms with Gasteiger partial charge in [-0.25, -0.2) is 0 Å². The molecule has 0 bridgehead atoms. The molecule has 1 unspecified atom stereocenters. The number of fused-ring (bicyclic) bond motifs is 4. The van der Waals surface area contributed by atoms with E-state index in [2.05, 4.69) is 170 Å². The molecule has 0 saturated carbocycles. The molecular formula is C40H36N2. The summed E-state index contributed by atoms with van der Waals surface area (Å²) in [5, 5.41) is 2.56. The highest BCUT2D eigenvalue weighted by atomic mass is 15.1. The second-order valence-corrected chi connectivity index (χ2v) is 11.7. The molecule has 2 nitrogen and oxygen atoms in total. The zero-order valence-corrected chi connectivity index (χ0v) is 24.5. The van der Waals surface area contributed by atoms with Crippen LogP contribution in [0.15, 0.2) is 140 Å². The summed E-state index contributed by atoms with van der Waals surface area (Å²) < 4.78 is 2.38.